The third-order valence-electron chi connectivity index (χ3n) is 2.28. The van der Waals surface area contributed by atoms with Crippen LogP contribution in [0.15, 0.2) is 0 Å². The summed E-state index contributed by atoms with van der Waals surface area (Å²) in [6, 6.07) is 0. The first kappa shape index (κ1) is 13.6. The highest BCUT2D eigenvalue weighted by Crippen LogP contribution is 2.26. The molecule has 1 aliphatic heterocycles. The van der Waals surface area contributed by atoms with Crippen molar-refractivity contribution in [2.75, 3.05) is 13.1 Å². The van der Waals surface area contributed by atoms with E-state index in [0.29, 0.717) is 13.0 Å². The summed E-state index contributed by atoms with van der Waals surface area (Å²) in [5.74, 6) is 0. The molecule has 0 aromatic carbocycles. The van der Waals surface area contributed by atoms with E-state index in [9.17, 15) is 9.18 Å². The van der Waals surface area contributed by atoms with Crippen molar-refractivity contribution in [3.8, 4) is 0 Å². The zero-order chi connectivity index (χ0) is 12.4. The van der Waals surface area contributed by atoms with E-state index >= 15 is 0 Å². The van der Waals surface area contributed by atoms with Crippen LogP contribution in [0.4, 0.5) is 9.18 Å². The number of alkyl halides is 1. The predicted octanol–water partition coefficient (Wildman–Crippen LogP) is 1.47. The predicted molar refractivity (Wildman–Crippen MR) is 63.5 cm³/mol. The van der Waals surface area contributed by atoms with Gasteiger partial charge in [-0.15, -0.1) is 0 Å². The van der Waals surface area contributed by atoms with Gasteiger partial charge in [-0.1, -0.05) is 0 Å². The summed E-state index contributed by atoms with van der Waals surface area (Å²) < 4.78 is 19.1. The van der Waals surface area contributed by atoms with Gasteiger partial charge in [-0.2, -0.15) is 12.6 Å². The summed E-state index contributed by atoms with van der Waals surface area (Å²) in [4.78, 5) is 11.4. The van der Waals surface area contributed by atoms with Crippen LogP contribution in [0.1, 0.15) is 27.2 Å². The molecule has 1 fully saturated rings. The van der Waals surface area contributed by atoms with Crippen LogP contribution in [-0.4, -0.2) is 35.8 Å². The Kier molecular flexibility index (Phi) is 4.07. The first-order valence-electron chi connectivity index (χ1n) is 5.30. The van der Waals surface area contributed by atoms with Gasteiger partial charge in [0.1, 0.15) is 11.0 Å². The second-order valence-electron chi connectivity index (χ2n) is 5.01. The molecule has 0 radical (unpaired) electrons. The fraction of sp³-hybridized carbons (Fsp3) is 0.900. The van der Waals surface area contributed by atoms with Crippen LogP contribution in [-0.2, 0) is 4.74 Å². The monoisotopic (exact) mass is 250 g/mol. The maximum Gasteiger partial charge on any atom is 0.408 e. The standard InChI is InChI=1S/C10H19FN2O2S/c1-9(2,3)15-8(14)13-7(16)10(11)4-5-12-6-10/h7,12,16H,4-6H2,1-3H3,(H,13,14). The Morgan fingerprint density at radius 1 is 1.62 bits per heavy atom. The lowest BCUT2D eigenvalue weighted by atomic mass is 10.1. The maximum atomic E-state index is 14.1. The number of nitrogens with one attached hydrogen (secondary N) is 2. The van der Waals surface area contributed by atoms with Crippen LogP contribution in [0.2, 0.25) is 0 Å². The Hall–Kier alpha value is -0.490. The average molecular weight is 250 g/mol. The minimum absolute atomic E-state index is 0.205. The highest BCUT2D eigenvalue weighted by Gasteiger charge is 2.41. The van der Waals surface area contributed by atoms with Gasteiger partial charge in [0, 0.05) is 6.54 Å². The molecular formula is C10H19FN2O2S. The highest BCUT2D eigenvalue weighted by atomic mass is 32.1. The molecule has 2 unspecified atom stereocenters. The van der Waals surface area contributed by atoms with Gasteiger partial charge in [-0.25, -0.2) is 9.18 Å². The SMILES string of the molecule is CC(C)(C)OC(=O)NC(S)C1(F)CCNC1. The number of rotatable bonds is 2. The van der Waals surface area contributed by atoms with Crippen molar-refractivity contribution in [1.82, 2.24) is 10.6 Å². The summed E-state index contributed by atoms with van der Waals surface area (Å²) in [7, 11) is 0. The number of carbonyl (C=O) groups excluding carboxylic acids is 1. The number of halogens is 1. The number of carbonyl (C=O) groups is 1. The van der Waals surface area contributed by atoms with Crippen molar-refractivity contribution < 1.29 is 13.9 Å². The molecule has 0 aliphatic carbocycles. The molecule has 1 aliphatic rings. The molecule has 0 saturated carbocycles. The molecule has 0 aromatic heterocycles. The van der Waals surface area contributed by atoms with E-state index < -0.39 is 22.7 Å². The Morgan fingerprint density at radius 2 is 2.25 bits per heavy atom. The van der Waals surface area contributed by atoms with E-state index in [4.69, 9.17) is 4.74 Å². The van der Waals surface area contributed by atoms with Crippen molar-refractivity contribution in [3.63, 3.8) is 0 Å². The molecule has 1 heterocycles. The maximum absolute atomic E-state index is 14.1. The lowest BCUT2D eigenvalue weighted by molar-refractivity contribution is 0.0468. The van der Waals surface area contributed by atoms with Crippen LogP contribution >= 0.6 is 12.6 Å². The van der Waals surface area contributed by atoms with Gasteiger partial charge in [0.15, 0.2) is 5.67 Å². The topological polar surface area (TPSA) is 50.4 Å². The molecule has 0 bridgehead atoms. The molecule has 4 nitrogen and oxygen atoms in total. The van der Waals surface area contributed by atoms with Gasteiger partial charge in [-0.3, -0.25) is 0 Å². The van der Waals surface area contributed by atoms with Crippen molar-refractivity contribution in [3.05, 3.63) is 0 Å². The normalized spacial score (nSPS) is 27.6. The minimum Gasteiger partial charge on any atom is -0.444 e. The van der Waals surface area contributed by atoms with Gasteiger partial charge in [0.25, 0.3) is 0 Å². The molecule has 1 amide bonds. The van der Waals surface area contributed by atoms with Crippen molar-refractivity contribution in [2.24, 2.45) is 0 Å². The van der Waals surface area contributed by atoms with Crippen molar-refractivity contribution in [1.29, 1.82) is 0 Å². The van der Waals surface area contributed by atoms with Crippen LogP contribution in [0.5, 0.6) is 0 Å². The smallest absolute Gasteiger partial charge is 0.408 e. The molecule has 1 saturated heterocycles. The minimum atomic E-state index is -1.50. The fourth-order valence-electron chi connectivity index (χ4n) is 1.46. The second-order valence-corrected chi connectivity index (χ2v) is 5.53. The quantitative estimate of drug-likeness (QED) is 0.514. The fourth-order valence-corrected chi connectivity index (χ4v) is 1.79. The molecule has 0 aromatic rings. The van der Waals surface area contributed by atoms with E-state index in [-0.39, 0.29) is 6.54 Å². The number of hydrogen-bond donors (Lipinski definition) is 3. The summed E-state index contributed by atoms with van der Waals surface area (Å²) in [5, 5.41) is 4.46. The Balaban J connectivity index is 2.45. The largest absolute Gasteiger partial charge is 0.444 e. The molecule has 2 N–H and O–H groups in total. The van der Waals surface area contributed by atoms with Gasteiger partial charge in [0.2, 0.25) is 0 Å². The van der Waals surface area contributed by atoms with E-state index in [1.165, 1.54) is 0 Å². The van der Waals surface area contributed by atoms with Crippen LogP contribution < -0.4 is 10.6 Å². The third-order valence-corrected chi connectivity index (χ3v) is 2.87. The lowest BCUT2D eigenvalue weighted by Crippen LogP contribution is -2.49. The second kappa shape index (κ2) is 4.79. The number of alkyl carbamates (subject to hydrolysis) is 1. The number of thiol groups is 1. The molecular weight excluding hydrogens is 231 g/mol. The Labute approximate surface area is 101 Å². The summed E-state index contributed by atoms with van der Waals surface area (Å²) in [5.41, 5.74) is -2.09. The third kappa shape index (κ3) is 3.83. The summed E-state index contributed by atoms with van der Waals surface area (Å²) in [6.07, 6.45) is -0.298. The molecule has 0 spiro atoms. The first-order chi connectivity index (χ1) is 7.23. The van der Waals surface area contributed by atoms with E-state index in [1.54, 1.807) is 20.8 Å². The van der Waals surface area contributed by atoms with Gasteiger partial charge >= 0.3 is 6.09 Å². The van der Waals surface area contributed by atoms with E-state index in [2.05, 4.69) is 23.3 Å². The number of amides is 1. The average Bonchev–Trinajstić information content (AvgIpc) is 2.49. The summed E-state index contributed by atoms with van der Waals surface area (Å²) in [6.45, 7) is 6.06. The lowest BCUT2D eigenvalue weighted by Gasteiger charge is -2.27. The van der Waals surface area contributed by atoms with E-state index in [1.807, 2.05) is 0 Å². The van der Waals surface area contributed by atoms with E-state index in [0.717, 1.165) is 0 Å². The van der Waals surface area contributed by atoms with Crippen LogP contribution in [0.25, 0.3) is 0 Å². The molecule has 2 atom stereocenters. The zero-order valence-corrected chi connectivity index (χ0v) is 10.7. The molecule has 16 heavy (non-hydrogen) atoms. The molecule has 6 heteroatoms. The van der Waals surface area contributed by atoms with Crippen molar-refractivity contribution in [2.45, 2.75) is 43.8 Å². The highest BCUT2D eigenvalue weighted by molar-refractivity contribution is 7.81. The van der Waals surface area contributed by atoms with Gasteiger partial charge in [0.05, 0.1) is 0 Å². The Bertz CT molecular complexity index is 262. The van der Waals surface area contributed by atoms with Crippen LogP contribution in [0.3, 0.4) is 0 Å². The zero-order valence-electron chi connectivity index (χ0n) is 9.84. The summed E-state index contributed by atoms with van der Waals surface area (Å²) >= 11 is 4.07. The Morgan fingerprint density at radius 3 is 2.69 bits per heavy atom. The van der Waals surface area contributed by atoms with Gasteiger partial charge in [-0.05, 0) is 33.7 Å². The first-order valence-corrected chi connectivity index (χ1v) is 5.82. The molecule has 1 rings (SSSR count). The van der Waals surface area contributed by atoms with Crippen LogP contribution in [0, 0.1) is 0 Å². The number of hydrogen-bond acceptors (Lipinski definition) is 4. The molecule has 94 valence electrons. The van der Waals surface area contributed by atoms with Gasteiger partial charge < -0.3 is 15.4 Å². The number of ether oxygens (including phenoxy) is 1. The van der Waals surface area contributed by atoms with Crippen molar-refractivity contribution >= 4 is 18.7 Å².